The molecule has 0 atom stereocenters. The average Bonchev–Trinajstić information content (AvgIpc) is 3.23. The van der Waals surface area contributed by atoms with Gasteiger partial charge in [0.05, 0.1) is 5.69 Å². The molecule has 4 N–H and O–H groups in total. The van der Waals surface area contributed by atoms with Gasteiger partial charge in [-0.1, -0.05) is 0 Å². The molecule has 0 saturated heterocycles. The monoisotopic (exact) mass is 313 g/mol. The molecule has 0 spiro atoms. The van der Waals surface area contributed by atoms with Crippen molar-refractivity contribution >= 4 is 21.4 Å². The molecule has 1 aliphatic rings. The van der Waals surface area contributed by atoms with E-state index in [1.807, 2.05) is 0 Å². The van der Waals surface area contributed by atoms with E-state index in [4.69, 9.17) is 10.5 Å². The molecule has 1 saturated carbocycles. The molecule has 0 heterocycles. The smallest absolute Gasteiger partial charge is 0.242 e. The quantitative estimate of drug-likeness (QED) is 0.631. The van der Waals surface area contributed by atoms with E-state index in [2.05, 4.69) is 10.0 Å². The van der Waals surface area contributed by atoms with Crippen molar-refractivity contribution < 1.29 is 13.2 Å². The number of ether oxygens (including phenoxy) is 1. The van der Waals surface area contributed by atoms with E-state index in [0.29, 0.717) is 5.41 Å². The van der Waals surface area contributed by atoms with Crippen molar-refractivity contribution in [2.45, 2.75) is 24.2 Å². The largest absolute Gasteiger partial charge is 0.398 e. The van der Waals surface area contributed by atoms with E-state index < -0.39 is 10.0 Å². The van der Waals surface area contributed by atoms with Gasteiger partial charge in [0.1, 0.15) is 4.90 Å². The number of anilines is 2. The summed E-state index contributed by atoms with van der Waals surface area (Å²) in [5, 5.41) is 3.34. The SMILES string of the molecule is CNS(=O)(=O)c1ccc(NCC2(CCOC)CC2)cc1N. The summed E-state index contributed by atoms with van der Waals surface area (Å²) in [5.41, 5.74) is 7.24. The highest BCUT2D eigenvalue weighted by Gasteiger charge is 2.41. The lowest BCUT2D eigenvalue weighted by Gasteiger charge is -2.17. The molecule has 0 aromatic heterocycles. The molecular formula is C14H23N3O3S. The summed E-state index contributed by atoms with van der Waals surface area (Å²) in [4.78, 5) is 0.107. The number of nitrogen functional groups attached to an aromatic ring is 1. The van der Waals surface area contributed by atoms with Gasteiger partial charge in [0.15, 0.2) is 0 Å². The fourth-order valence-corrected chi connectivity index (χ4v) is 3.15. The van der Waals surface area contributed by atoms with E-state index in [1.54, 1.807) is 19.2 Å². The third-order valence-electron chi connectivity index (χ3n) is 4.03. The molecule has 1 aliphatic carbocycles. The van der Waals surface area contributed by atoms with Crippen LogP contribution in [-0.2, 0) is 14.8 Å². The van der Waals surface area contributed by atoms with Crippen molar-refractivity contribution in [3.05, 3.63) is 18.2 Å². The van der Waals surface area contributed by atoms with Gasteiger partial charge in [-0.25, -0.2) is 13.1 Å². The Morgan fingerprint density at radius 3 is 2.62 bits per heavy atom. The van der Waals surface area contributed by atoms with Gasteiger partial charge >= 0.3 is 0 Å². The first-order valence-corrected chi connectivity index (χ1v) is 8.47. The van der Waals surface area contributed by atoms with Crippen LogP contribution in [0.15, 0.2) is 23.1 Å². The highest BCUT2D eigenvalue weighted by atomic mass is 32.2. The lowest BCUT2D eigenvalue weighted by Crippen LogP contribution is -2.20. The first-order valence-electron chi connectivity index (χ1n) is 6.98. The van der Waals surface area contributed by atoms with E-state index in [-0.39, 0.29) is 10.6 Å². The van der Waals surface area contributed by atoms with Gasteiger partial charge in [-0.15, -0.1) is 0 Å². The van der Waals surface area contributed by atoms with Gasteiger partial charge in [-0.05, 0) is 49.9 Å². The normalized spacial score (nSPS) is 16.7. The average molecular weight is 313 g/mol. The standard InChI is InChI=1S/C14H23N3O3S/c1-16-21(18,19)13-4-3-11(9-12(13)15)17-10-14(5-6-14)7-8-20-2/h3-4,9,16-17H,5-8,10,15H2,1-2H3. The lowest BCUT2D eigenvalue weighted by atomic mass is 10.0. The predicted molar refractivity (Wildman–Crippen MR) is 83.7 cm³/mol. The van der Waals surface area contributed by atoms with Crippen LogP contribution in [0.2, 0.25) is 0 Å². The second-order valence-corrected chi connectivity index (χ2v) is 7.41. The number of rotatable bonds is 8. The Labute approximate surface area is 126 Å². The first-order chi connectivity index (χ1) is 9.92. The molecule has 118 valence electrons. The maximum Gasteiger partial charge on any atom is 0.242 e. The second kappa shape index (κ2) is 6.21. The topological polar surface area (TPSA) is 93.5 Å². The second-order valence-electron chi connectivity index (χ2n) is 5.56. The number of sulfonamides is 1. The fourth-order valence-electron chi connectivity index (χ4n) is 2.31. The third-order valence-corrected chi connectivity index (χ3v) is 5.52. The van der Waals surface area contributed by atoms with Crippen molar-refractivity contribution in [2.75, 3.05) is 38.4 Å². The highest BCUT2D eigenvalue weighted by molar-refractivity contribution is 7.89. The van der Waals surface area contributed by atoms with Gasteiger partial charge < -0.3 is 15.8 Å². The van der Waals surface area contributed by atoms with Gasteiger partial charge in [-0.2, -0.15) is 0 Å². The highest BCUT2D eigenvalue weighted by Crippen LogP contribution is 2.48. The predicted octanol–water partition coefficient (Wildman–Crippen LogP) is 1.41. The van der Waals surface area contributed by atoms with Gasteiger partial charge in [0.2, 0.25) is 10.0 Å². The maximum absolute atomic E-state index is 11.8. The molecule has 1 fully saturated rings. The number of benzene rings is 1. The lowest BCUT2D eigenvalue weighted by molar-refractivity contribution is 0.175. The number of hydrogen-bond donors (Lipinski definition) is 3. The van der Waals surface area contributed by atoms with Crippen molar-refractivity contribution in [2.24, 2.45) is 5.41 Å². The summed E-state index contributed by atoms with van der Waals surface area (Å²) < 4.78 is 30.9. The number of methoxy groups -OCH3 is 1. The summed E-state index contributed by atoms with van der Waals surface area (Å²) in [7, 11) is -0.426. The van der Waals surface area contributed by atoms with E-state index in [0.717, 1.165) is 25.3 Å². The summed E-state index contributed by atoms with van der Waals surface area (Å²) in [5.74, 6) is 0. The zero-order valence-electron chi connectivity index (χ0n) is 12.5. The molecule has 0 unspecified atom stereocenters. The third kappa shape index (κ3) is 3.87. The van der Waals surface area contributed by atoms with Crippen LogP contribution in [0.5, 0.6) is 0 Å². The minimum absolute atomic E-state index is 0.107. The zero-order chi connectivity index (χ0) is 15.5. The molecule has 1 aromatic carbocycles. The molecule has 0 amide bonds. The van der Waals surface area contributed by atoms with Crippen LogP contribution in [0, 0.1) is 5.41 Å². The Kier molecular flexibility index (Phi) is 4.75. The molecular weight excluding hydrogens is 290 g/mol. The minimum atomic E-state index is -3.51. The van der Waals surface area contributed by atoms with Gasteiger partial charge in [0.25, 0.3) is 0 Å². The molecule has 2 rings (SSSR count). The van der Waals surface area contributed by atoms with Crippen molar-refractivity contribution in [1.29, 1.82) is 0 Å². The van der Waals surface area contributed by atoms with E-state index >= 15 is 0 Å². The van der Waals surface area contributed by atoms with Crippen LogP contribution in [0.1, 0.15) is 19.3 Å². The number of hydrogen-bond acceptors (Lipinski definition) is 5. The van der Waals surface area contributed by atoms with Crippen LogP contribution in [-0.4, -0.2) is 35.7 Å². The van der Waals surface area contributed by atoms with Gasteiger partial charge in [-0.3, -0.25) is 0 Å². The Morgan fingerprint density at radius 2 is 2.10 bits per heavy atom. The molecule has 7 heteroatoms. The first kappa shape index (κ1) is 16.1. The van der Waals surface area contributed by atoms with Crippen LogP contribution >= 0.6 is 0 Å². The Hall–Kier alpha value is -1.31. The van der Waals surface area contributed by atoms with Crippen molar-refractivity contribution in [1.82, 2.24) is 4.72 Å². The van der Waals surface area contributed by atoms with Crippen LogP contribution in [0.4, 0.5) is 11.4 Å². The zero-order valence-corrected chi connectivity index (χ0v) is 13.3. The van der Waals surface area contributed by atoms with E-state index in [1.165, 1.54) is 26.0 Å². The van der Waals surface area contributed by atoms with Crippen molar-refractivity contribution in [3.8, 4) is 0 Å². The van der Waals surface area contributed by atoms with E-state index in [9.17, 15) is 8.42 Å². The number of nitrogens with one attached hydrogen (secondary N) is 2. The summed E-state index contributed by atoms with van der Waals surface area (Å²) in [6.45, 7) is 1.62. The number of nitrogens with two attached hydrogens (primary N) is 1. The van der Waals surface area contributed by atoms with Crippen LogP contribution < -0.4 is 15.8 Å². The molecule has 0 radical (unpaired) electrons. The fraction of sp³-hybridized carbons (Fsp3) is 0.571. The van der Waals surface area contributed by atoms with Crippen LogP contribution in [0.25, 0.3) is 0 Å². The summed E-state index contributed by atoms with van der Waals surface area (Å²) in [6, 6.07) is 4.93. The molecule has 6 nitrogen and oxygen atoms in total. The van der Waals surface area contributed by atoms with Crippen molar-refractivity contribution in [3.63, 3.8) is 0 Å². The minimum Gasteiger partial charge on any atom is -0.398 e. The summed E-state index contributed by atoms with van der Waals surface area (Å²) >= 11 is 0. The van der Waals surface area contributed by atoms with Crippen LogP contribution in [0.3, 0.4) is 0 Å². The summed E-state index contributed by atoms with van der Waals surface area (Å²) in [6.07, 6.45) is 3.44. The maximum atomic E-state index is 11.8. The molecule has 0 bridgehead atoms. The Balaban J connectivity index is 2.01. The Morgan fingerprint density at radius 1 is 1.38 bits per heavy atom. The molecule has 1 aromatic rings. The Bertz CT molecular complexity index is 597. The molecule has 21 heavy (non-hydrogen) atoms. The van der Waals surface area contributed by atoms with Gasteiger partial charge in [0, 0.05) is 25.9 Å². The molecule has 0 aliphatic heterocycles.